The van der Waals surface area contributed by atoms with Gasteiger partial charge in [-0.15, -0.1) is 0 Å². The highest BCUT2D eigenvalue weighted by molar-refractivity contribution is 6.31. The van der Waals surface area contributed by atoms with Crippen LogP contribution in [0.15, 0.2) is 18.2 Å². The lowest BCUT2D eigenvalue weighted by atomic mass is 9.98. The summed E-state index contributed by atoms with van der Waals surface area (Å²) in [6.07, 6.45) is 3.72. The smallest absolute Gasteiger partial charge is 0.224 e. The standard InChI is InChI=1S/C14H17ClFNO2/c15-12-8-11(16)4-3-10(12)7-13(19)17-14(9-18)5-1-2-6-14/h3-4,8,18H,1-2,5-7,9H2,(H,17,19). The minimum absolute atomic E-state index is 0.0457. The van der Waals surface area contributed by atoms with E-state index in [-0.39, 0.29) is 24.0 Å². The van der Waals surface area contributed by atoms with Gasteiger partial charge in [0.05, 0.1) is 18.6 Å². The Bertz CT molecular complexity index is 473. The molecule has 0 aromatic heterocycles. The van der Waals surface area contributed by atoms with E-state index >= 15 is 0 Å². The van der Waals surface area contributed by atoms with Crippen LogP contribution in [0.25, 0.3) is 0 Å². The fourth-order valence-electron chi connectivity index (χ4n) is 2.55. The third kappa shape index (κ3) is 3.45. The first kappa shape index (κ1) is 14.3. The maximum Gasteiger partial charge on any atom is 0.224 e. The van der Waals surface area contributed by atoms with Gasteiger partial charge < -0.3 is 10.4 Å². The lowest BCUT2D eigenvalue weighted by Gasteiger charge is -2.28. The van der Waals surface area contributed by atoms with Crippen molar-refractivity contribution in [2.45, 2.75) is 37.6 Å². The van der Waals surface area contributed by atoms with Crippen LogP contribution in [0.2, 0.25) is 5.02 Å². The summed E-state index contributed by atoms with van der Waals surface area (Å²) < 4.78 is 12.9. The number of hydrogen-bond acceptors (Lipinski definition) is 2. The molecular weight excluding hydrogens is 269 g/mol. The summed E-state index contributed by atoms with van der Waals surface area (Å²) >= 11 is 5.89. The molecule has 1 aliphatic rings. The van der Waals surface area contributed by atoms with Gasteiger partial charge in [0.25, 0.3) is 0 Å². The highest BCUT2D eigenvalue weighted by Gasteiger charge is 2.34. The largest absolute Gasteiger partial charge is 0.394 e. The molecule has 0 heterocycles. The quantitative estimate of drug-likeness (QED) is 0.893. The fraction of sp³-hybridized carbons (Fsp3) is 0.500. The van der Waals surface area contributed by atoms with Crippen LogP contribution in [0, 0.1) is 5.82 Å². The molecule has 1 amide bonds. The zero-order valence-corrected chi connectivity index (χ0v) is 11.3. The Morgan fingerprint density at radius 2 is 2.11 bits per heavy atom. The Balaban J connectivity index is 2.01. The second kappa shape index (κ2) is 5.88. The normalized spacial score (nSPS) is 17.4. The summed E-state index contributed by atoms with van der Waals surface area (Å²) in [6, 6.07) is 3.99. The topological polar surface area (TPSA) is 49.3 Å². The Morgan fingerprint density at radius 3 is 2.68 bits per heavy atom. The minimum atomic E-state index is -0.483. The molecule has 0 saturated heterocycles. The van der Waals surface area contributed by atoms with E-state index in [0.29, 0.717) is 5.56 Å². The molecule has 1 aromatic carbocycles. The molecule has 1 saturated carbocycles. The lowest BCUT2D eigenvalue weighted by molar-refractivity contribution is -0.122. The maximum absolute atomic E-state index is 12.9. The van der Waals surface area contributed by atoms with Crippen LogP contribution in [0.3, 0.4) is 0 Å². The van der Waals surface area contributed by atoms with Gasteiger partial charge >= 0.3 is 0 Å². The fourth-order valence-corrected chi connectivity index (χ4v) is 2.79. The summed E-state index contributed by atoms with van der Waals surface area (Å²) in [7, 11) is 0. The van der Waals surface area contributed by atoms with Crippen molar-refractivity contribution in [2.24, 2.45) is 0 Å². The second-order valence-electron chi connectivity index (χ2n) is 5.11. The van der Waals surface area contributed by atoms with Crippen molar-refractivity contribution in [3.63, 3.8) is 0 Å². The van der Waals surface area contributed by atoms with E-state index in [1.165, 1.54) is 18.2 Å². The molecule has 2 N–H and O–H groups in total. The Kier molecular flexibility index (Phi) is 4.42. The first-order valence-corrected chi connectivity index (χ1v) is 6.78. The zero-order chi connectivity index (χ0) is 13.9. The van der Waals surface area contributed by atoms with Crippen molar-refractivity contribution >= 4 is 17.5 Å². The molecular formula is C14H17ClFNO2. The number of aliphatic hydroxyl groups excluding tert-OH is 1. The molecule has 0 bridgehead atoms. The molecule has 1 aromatic rings. The molecule has 104 valence electrons. The van der Waals surface area contributed by atoms with Crippen molar-refractivity contribution in [3.8, 4) is 0 Å². The van der Waals surface area contributed by atoms with Gasteiger partial charge in [0, 0.05) is 5.02 Å². The molecule has 5 heteroatoms. The number of benzene rings is 1. The van der Waals surface area contributed by atoms with Gasteiger partial charge in [-0.2, -0.15) is 0 Å². The number of carbonyl (C=O) groups is 1. The molecule has 0 atom stereocenters. The first-order valence-electron chi connectivity index (χ1n) is 6.40. The Labute approximate surface area is 116 Å². The van der Waals surface area contributed by atoms with Crippen LogP contribution in [0.1, 0.15) is 31.2 Å². The highest BCUT2D eigenvalue weighted by atomic mass is 35.5. The van der Waals surface area contributed by atoms with E-state index < -0.39 is 11.4 Å². The van der Waals surface area contributed by atoms with E-state index in [0.717, 1.165) is 25.7 Å². The van der Waals surface area contributed by atoms with Crippen molar-refractivity contribution in [2.75, 3.05) is 6.61 Å². The molecule has 0 unspecified atom stereocenters. The van der Waals surface area contributed by atoms with Crippen LogP contribution in [0.4, 0.5) is 4.39 Å². The van der Waals surface area contributed by atoms with Crippen LogP contribution in [0.5, 0.6) is 0 Å². The van der Waals surface area contributed by atoms with Crippen LogP contribution >= 0.6 is 11.6 Å². The van der Waals surface area contributed by atoms with Gasteiger partial charge in [0.15, 0.2) is 0 Å². The molecule has 1 aliphatic carbocycles. The van der Waals surface area contributed by atoms with Crippen molar-refractivity contribution in [1.82, 2.24) is 5.32 Å². The summed E-state index contributed by atoms with van der Waals surface area (Å²) in [5.74, 6) is -0.610. The second-order valence-corrected chi connectivity index (χ2v) is 5.51. The molecule has 3 nitrogen and oxygen atoms in total. The number of carbonyl (C=O) groups excluding carboxylic acids is 1. The maximum atomic E-state index is 12.9. The Morgan fingerprint density at radius 1 is 1.42 bits per heavy atom. The monoisotopic (exact) mass is 285 g/mol. The SMILES string of the molecule is O=C(Cc1ccc(F)cc1Cl)NC1(CO)CCCC1. The van der Waals surface area contributed by atoms with E-state index in [2.05, 4.69) is 5.32 Å². The van der Waals surface area contributed by atoms with E-state index in [9.17, 15) is 14.3 Å². The molecule has 0 spiro atoms. The third-order valence-electron chi connectivity index (χ3n) is 3.63. The summed E-state index contributed by atoms with van der Waals surface area (Å²) in [5.41, 5.74) is 0.107. The predicted molar refractivity (Wildman–Crippen MR) is 71.5 cm³/mol. The average Bonchev–Trinajstić information content (AvgIpc) is 2.82. The van der Waals surface area contributed by atoms with Crippen LogP contribution in [-0.2, 0) is 11.2 Å². The van der Waals surface area contributed by atoms with Gasteiger partial charge in [-0.1, -0.05) is 30.5 Å². The van der Waals surface area contributed by atoms with Crippen molar-refractivity contribution in [1.29, 1.82) is 0 Å². The molecule has 0 radical (unpaired) electrons. The molecule has 0 aliphatic heterocycles. The molecule has 2 rings (SSSR count). The molecule has 19 heavy (non-hydrogen) atoms. The van der Waals surface area contributed by atoms with Gasteiger partial charge in [0.1, 0.15) is 5.82 Å². The van der Waals surface area contributed by atoms with Crippen LogP contribution in [-0.4, -0.2) is 23.2 Å². The van der Waals surface area contributed by atoms with Crippen molar-refractivity contribution in [3.05, 3.63) is 34.6 Å². The van der Waals surface area contributed by atoms with Crippen molar-refractivity contribution < 1.29 is 14.3 Å². The number of halogens is 2. The third-order valence-corrected chi connectivity index (χ3v) is 3.99. The minimum Gasteiger partial charge on any atom is -0.394 e. The van der Waals surface area contributed by atoms with E-state index in [1.54, 1.807) is 0 Å². The average molecular weight is 286 g/mol. The van der Waals surface area contributed by atoms with Gasteiger partial charge in [-0.3, -0.25) is 4.79 Å². The summed E-state index contributed by atoms with van der Waals surface area (Å²) in [6.45, 7) is -0.0457. The predicted octanol–water partition coefficient (Wildman–Crippen LogP) is 2.44. The number of rotatable bonds is 4. The number of aliphatic hydroxyl groups is 1. The number of nitrogens with one attached hydrogen (secondary N) is 1. The highest BCUT2D eigenvalue weighted by Crippen LogP contribution is 2.29. The number of amides is 1. The van der Waals surface area contributed by atoms with Crippen LogP contribution < -0.4 is 5.32 Å². The summed E-state index contributed by atoms with van der Waals surface area (Å²) in [5, 5.41) is 12.6. The van der Waals surface area contributed by atoms with E-state index in [1.807, 2.05) is 0 Å². The van der Waals surface area contributed by atoms with Gasteiger partial charge in [0.2, 0.25) is 5.91 Å². The summed E-state index contributed by atoms with van der Waals surface area (Å²) in [4.78, 5) is 12.0. The lowest BCUT2D eigenvalue weighted by Crippen LogP contribution is -2.49. The Hall–Kier alpha value is -1.13. The van der Waals surface area contributed by atoms with E-state index in [4.69, 9.17) is 11.6 Å². The zero-order valence-electron chi connectivity index (χ0n) is 10.6. The van der Waals surface area contributed by atoms with Gasteiger partial charge in [-0.05, 0) is 30.5 Å². The first-order chi connectivity index (χ1) is 9.04. The molecule has 1 fully saturated rings. The number of hydrogen-bond donors (Lipinski definition) is 2. The van der Waals surface area contributed by atoms with Gasteiger partial charge in [-0.25, -0.2) is 4.39 Å².